The molecule has 0 fully saturated rings. The second kappa shape index (κ2) is 7.99. The Morgan fingerprint density at radius 1 is 0.871 bits per heavy atom. The average molecular weight is 410 g/mol. The molecule has 0 spiro atoms. The van der Waals surface area contributed by atoms with Crippen molar-refractivity contribution in [3.63, 3.8) is 0 Å². The first-order valence-electron chi connectivity index (χ1n) is 10.0. The summed E-state index contributed by atoms with van der Waals surface area (Å²) in [6.45, 7) is 0. The molecule has 2 aliphatic heterocycles. The molecule has 1 N–H and O–H groups in total. The zero-order chi connectivity index (χ0) is 21.2. The quantitative estimate of drug-likeness (QED) is 0.437. The van der Waals surface area contributed by atoms with Crippen LogP contribution in [0, 0.1) is 5.95 Å². The number of benzene rings is 2. The van der Waals surface area contributed by atoms with Gasteiger partial charge in [-0.15, -0.1) is 0 Å². The number of nitrogens with one attached hydrogen (secondary N) is 1. The van der Waals surface area contributed by atoms with Crippen LogP contribution in [-0.2, 0) is 12.8 Å². The van der Waals surface area contributed by atoms with E-state index in [1.807, 2.05) is 60.7 Å². The maximum Gasteiger partial charge on any atom is 0.278 e. The summed E-state index contributed by atoms with van der Waals surface area (Å²) in [5, 5.41) is 0. The van der Waals surface area contributed by atoms with Crippen molar-refractivity contribution in [3.05, 3.63) is 124 Å². The van der Waals surface area contributed by atoms with Crippen LogP contribution in [-0.4, -0.2) is 19.5 Å². The number of aromatic nitrogens is 4. The third kappa shape index (κ3) is 3.88. The summed E-state index contributed by atoms with van der Waals surface area (Å²) in [5.74, 6) is 0.0481. The number of aromatic amines is 1. The Morgan fingerprint density at radius 3 is 2.32 bits per heavy atom. The van der Waals surface area contributed by atoms with Crippen LogP contribution in [0.3, 0.4) is 0 Å². The smallest absolute Gasteiger partial charge is 0.278 e. The Hall–Kier alpha value is -4.06. The second-order valence-electron chi connectivity index (χ2n) is 7.40. The molecule has 6 heteroatoms. The summed E-state index contributed by atoms with van der Waals surface area (Å²) in [6, 6.07) is 22.8. The summed E-state index contributed by atoms with van der Waals surface area (Å²) in [6.07, 6.45) is 4.13. The molecule has 0 bridgehead atoms. The minimum absolute atomic E-state index is 0.181. The highest BCUT2D eigenvalue weighted by Crippen LogP contribution is 2.23. The largest absolute Gasteiger partial charge is 0.354 e. The molecule has 0 aliphatic carbocycles. The van der Waals surface area contributed by atoms with E-state index >= 15 is 0 Å². The number of H-pyrrole nitrogens is 1. The molecule has 0 amide bonds. The lowest BCUT2D eigenvalue weighted by Crippen LogP contribution is -2.17. The van der Waals surface area contributed by atoms with E-state index in [0.717, 1.165) is 28.1 Å². The highest BCUT2D eigenvalue weighted by molar-refractivity contribution is 5.60. The highest BCUT2D eigenvalue weighted by Gasteiger charge is 2.20. The van der Waals surface area contributed by atoms with Gasteiger partial charge in [0.15, 0.2) is 5.82 Å². The lowest BCUT2D eigenvalue weighted by Gasteiger charge is -2.13. The fourth-order valence-electron chi connectivity index (χ4n) is 3.68. The Bertz CT molecular complexity index is 1340. The van der Waals surface area contributed by atoms with E-state index in [0.29, 0.717) is 24.4 Å². The maximum absolute atomic E-state index is 13.2. The number of rotatable bonds is 5. The van der Waals surface area contributed by atoms with Crippen LogP contribution in [0.1, 0.15) is 22.5 Å². The van der Waals surface area contributed by atoms with E-state index in [2.05, 4.69) is 15.0 Å². The van der Waals surface area contributed by atoms with Crippen LogP contribution < -0.4 is 5.56 Å². The second-order valence-corrected chi connectivity index (χ2v) is 7.40. The molecule has 3 aromatic rings. The Labute approximate surface area is 178 Å². The first-order valence-corrected chi connectivity index (χ1v) is 10.0. The Morgan fingerprint density at radius 2 is 1.61 bits per heavy atom. The van der Waals surface area contributed by atoms with Crippen LogP contribution in [0.4, 0.5) is 4.39 Å². The topological polar surface area (TPSA) is 63.6 Å². The molecule has 0 saturated carbocycles. The van der Waals surface area contributed by atoms with Crippen molar-refractivity contribution < 1.29 is 4.39 Å². The van der Waals surface area contributed by atoms with Gasteiger partial charge in [-0.25, -0.2) is 9.97 Å². The van der Waals surface area contributed by atoms with Gasteiger partial charge in [0.05, 0.1) is 11.4 Å². The molecule has 0 radical (unpaired) electrons. The molecule has 31 heavy (non-hydrogen) atoms. The SMILES string of the molecule is O=c1c(Cc2ccc(F)nc2)nc2c(Cc3ccccc3)[nH]c(-c3ccccc3)cn1-2. The van der Waals surface area contributed by atoms with Gasteiger partial charge in [-0.2, -0.15) is 4.39 Å². The van der Waals surface area contributed by atoms with Crippen LogP contribution >= 0.6 is 0 Å². The van der Waals surface area contributed by atoms with E-state index in [1.54, 1.807) is 16.8 Å². The molecule has 0 atom stereocenters. The van der Waals surface area contributed by atoms with E-state index in [-0.39, 0.29) is 5.56 Å². The van der Waals surface area contributed by atoms with Gasteiger partial charge in [0.1, 0.15) is 5.69 Å². The molecule has 3 heterocycles. The van der Waals surface area contributed by atoms with Gasteiger partial charge < -0.3 is 4.98 Å². The first kappa shape index (κ1) is 18.9. The van der Waals surface area contributed by atoms with Crippen LogP contribution in [0.5, 0.6) is 0 Å². The predicted molar refractivity (Wildman–Crippen MR) is 117 cm³/mol. The minimum Gasteiger partial charge on any atom is -0.354 e. The first-order chi connectivity index (χ1) is 15.2. The Balaban J connectivity index is 1.63. The summed E-state index contributed by atoms with van der Waals surface area (Å²) >= 11 is 0. The molecular weight excluding hydrogens is 391 g/mol. The lowest BCUT2D eigenvalue weighted by molar-refractivity contribution is 0.582. The van der Waals surface area contributed by atoms with E-state index in [9.17, 15) is 9.18 Å². The van der Waals surface area contributed by atoms with Crippen LogP contribution in [0.15, 0.2) is 90.0 Å². The summed E-state index contributed by atoms with van der Waals surface area (Å²) in [7, 11) is 0. The molecule has 0 unspecified atom stereocenters. The van der Waals surface area contributed by atoms with E-state index < -0.39 is 5.95 Å². The fourth-order valence-corrected chi connectivity index (χ4v) is 3.68. The zero-order valence-electron chi connectivity index (χ0n) is 16.6. The third-order valence-electron chi connectivity index (χ3n) is 5.22. The summed E-state index contributed by atoms with van der Waals surface area (Å²) < 4.78 is 14.7. The molecule has 0 saturated heterocycles. The third-order valence-corrected chi connectivity index (χ3v) is 5.22. The van der Waals surface area contributed by atoms with Crippen molar-refractivity contribution in [2.75, 3.05) is 0 Å². The van der Waals surface area contributed by atoms with Crippen molar-refractivity contribution in [3.8, 4) is 17.1 Å². The van der Waals surface area contributed by atoms with Gasteiger partial charge in [0.2, 0.25) is 5.95 Å². The molecule has 2 aliphatic rings. The van der Waals surface area contributed by atoms with Crippen molar-refractivity contribution >= 4 is 0 Å². The normalized spacial score (nSPS) is 11.1. The minimum atomic E-state index is -0.548. The summed E-state index contributed by atoms with van der Waals surface area (Å²) in [5.41, 5.74) is 4.75. The number of imidazole rings is 1. The van der Waals surface area contributed by atoms with Crippen LogP contribution in [0.25, 0.3) is 17.1 Å². The molecular formula is C25H19FN4O. The van der Waals surface area contributed by atoms with E-state index in [1.165, 1.54) is 12.3 Å². The molecule has 5 rings (SSSR count). The van der Waals surface area contributed by atoms with Crippen molar-refractivity contribution in [1.82, 2.24) is 19.5 Å². The Kier molecular flexibility index (Phi) is 4.88. The van der Waals surface area contributed by atoms with Crippen molar-refractivity contribution in [1.29, 1.82) is 0 Å². The van der Waals surface area contributed by atoms with Gasteiger partial charge >= 0.3 is 0 Å². The summed E-state index contributed by atoms with van der Waals surface area (Å²) in [4.78, 5) is 25.0. The van der Waals surface area contributed by atoms with Crippen LogP contribution in [0.2, 0.25) is 0 Å². The fraction of sp³-hybridized carbons (Fsp3) is 0.0800. The monoisotopic (exact) mass is 410 g/mol. The van der Waals surface area contributed by atoms with Gasteiger partial charge in [0.25, 0.3) is 5.56 Å². The number of hydrogen-bond acceptors (Lipinski definition) is 3. The van der Waals surface area contributed by atoms with Gasteiger partial charge in [-0.3, -0.25) is 9.36 Å². The molecule has 1 aromatic heterocycles. The standard InChI is InChI=1S/C25H19FN4O/c26-23-12-11-18(15-27-23)14-21-25(31)30-16-22(19-9-5-2-6-10-19)28-20(24(30)29-21)13-17-7-3-1-4-8-17/h1-12,15-16,28H,13-14H2. The van der Waals surface area contributed by atoms with Gasteiger partial charge in [0, 0.05) is 25.2 Å². The predicted octanol–water partition coefficient (Wildman–Crippen LogP) is 4.38. The average Bonchev–Trinajstić information content (AvgIpc) is 3.12. The number of nitrogens with zero attached hydrogens (tertiary/aromatic N) is 3. The highest BCUT2D eigenvalue weighted by atomic mass is 19.1. The molecule has 5 nitrogen and oxygen atoms in total. The van der Waals surface area contributed by atoms with E-state index in [4.69, 9.17) is 0 Å². The molecule has 2 aromatic carbocycles. The number of halogens is 1. The number of pyridine rings is 1. The zero-order valence-corrected chi connectivity index (χ0v) is 16.6. The number of fused-ring (bicyclic) bond motifs is 1. The maximum atomic E-state index is 13.2. The lowest BCUT2D eigenvalue weighted by atomic mass is 10.1. The molecule has 152 valence electrons. The van der Waals surface area contributed by atoms with Crippen molar-refractivity contribution in [2.24, 2.45) is 0 Å². The van der Waals surface area contributed by atoms with Crippen molar-refractivity contribution in [2.45, 2.75) is 12.8 Å². The number of hydrogen-bond donors (Lipinski definition) is 1. The van der Waals surface area contributed by atoms with Gasteiger partial charge in [-0.05, 0) is 22.8 Å². The van der Waals surface area contributed by atoms with Gasteiger partial charge in [-0.1, -0.05) is 66.7 Å².